The van der Waals surface area contributed by atoms with E-state index in [0.29, 0.717) is 0 Å². The van der Waals surface area contributed by atoms with E-state index in [1.165, 1.54) is 38.8 Å². The Morgan fingerprint density at radius 1 is 1.21 bits per heavy atom. The van der Waals surface area contributed by atoms with E-state index in [4.69, 9.17) is 10.2 Å². The maximum Gasteiger partial charge on any atom is 0.122 e. The molecular formula is C16H26N2O. The molecule has 3 heteroatoms. The monoisotopic (exact) mass is 262 g/mol. The number of hydrogen-bond acceptors (Lipinski definition) is 3. The van der Waals surface area contributed by atoms with Crippen molar-refractivity contribution < 1.29 is 4.42 Å². The van der Waals surface area contributed by atoms with Crippen molar-refractivity contribution >= 4 is 0 Å². The van der Waals surface area contributed by atoms with Crippen molar-refractivity contribution in [3.8, 4) is 0 Å². The van der Waals surface area contributed by atoms with Gasteiger partial charge in [-0.2, -0.15) is 0 Å². The van der Waals surface area contributed by atoms with E-state index in [0.717, 1.165) is 23.4 Å². The summed E-state index contributed by atoms with van der Waals surface area (Å²) in [4.78, 5) is 2.60. The molecule has 0 radical (unpaired) electrons. The summed E-state index contributed by atoms with van der Waals surface area (Å²) in [5, 5.41) is 0. The van der Waals surface area contributed by atoms with E-state index in [1.807, 2.05) is 6.92 Å². The van der Waals surface area contributed by atoms with Crippen molar-refractivity contribution in [2.45, 2.75) is 51.6 Å². The van der Waals surface area contributed by atoms with Gasteiger partial charge in [-0.1, -0.05) is 0 Å². The fourth-order valence-electron chi connectivity index (χ4n) is 2.95. The third-order valence-electron chi connectivity index (χ3n) is 4.32. The summed E-state index contributed by atoms with van der Waals surface area (Å²) in [5.41, 5.74) is 6.27. The van der Waals surface area contributed by atoms with Crippen LogP contribution in [0.1, 0.15) is 50.2 Å². The lowest BCUT2D eigenvalue weighted by Gasteiger charge is -2.33. The summed E-state index contributed by atoms with van der Waals surface area (Å²) >= 11 is 0. The molecule has 106 valence electrons. The fraction of sp³-hybridized carbons (Fsp3) is 0.750. The van der Waals surface area contributed by atoms with Crippen molar-refractivity contribution in [3.05, 3.63) is 23.7 Å². The SMILES string of the molecule is Cc1ccc(C(C(C)N)N(CC2CC2)CC2CC2)o1. The predicted molar refractivity (Wildman–Crippen MR) is 76.9 cm³/mol. The Morgan fingerprint density at radius 2 is 1.79 bits per heavy atom. The van der Waals surface area contributed by atoms with Gasteiger partial charge in [0, 0.05) is 19.1 Å². The second-order valence-electron chi connectivity index (χ2n) is 6.59. The van der Waals surface area contributed by atoms with E-state index < -0.39 is 0 Å². The number of furan rings is 1. The first-order valence-corrected chi connectivity index (χ1v) is 7.69. The highest BCUT2D eigenvalue weighted by Gasteiger charge is 2.35. The zero-order valence-electron chi connectivity index (χ0n) is 12.1. The normalized spacial score (nSPS) is 22.7. The second kappa shape index (κ2) is 5.29. The summed E-state index contributed by atoms with van der Waals surface area (Å²) < 4.78 is 5.87. The second-order valence-corrected chi connectivity index (χ2v) is 6.59. The van der Waals surface area contributed by atoms with Gasteiger partial charge in [0.2, 0.25) is 0 Å². The molecule has 2 aliphatic carbocycles. The Kier molecular flexibility index (Phi) is 3.68. The van der Waals surface area contributed by atoms with E-state index in [-0.39, 0.29) is 12.1 Å². The van der Waals surface area contributed by atoms with Crippen LogP contribution in [0.2, 0.25) is 0 Å². The van der Waals surface area contributed by atoms with Gasteiger partial charge in [0.05, 0.1) is 6.04 Å². The molecule has 2 unspecified atom stereocenters. The Morgan fingerprint density at radius 3 is 2.16 bits per heavy atom. The van der Waals surface area contributed by atoms with Crippen molar-refractivity contribution in [3.63, 3.8) is 0 Å². The first kappa shape index (κ1) is 13.2. The fourth-order valence-corrected chi connectivity index (χ4v) is 2.95. The zero-order chi connectivity index (χ0) is 13.4. The number of hydrogen-bond donors (Lipinski definition) is 1. The smallest absolute Gasteiger partial charge is 0.122 e. The minimum Gasteiger partial charge on any atom is -0.465 e. The minimum absolute atomic E-state index is 0.114. The molecule has 0 bridgehead atoms. The molecule has 0 aromatic carbocycles. The summed E-state index contributed by atoms with van der Waals surface area (Å²) in [6.07, 6.45) is 5.57. The average Bonchev–Trinajstić information content (AvgIpc) is 3.24. The Balaban J connectivity index is 1.77. The average molecular weight is 262 g/mol. The highest BCUT2D eigenvalue weighted by atomic mass is 16.3. The van der Waals surface area contributed by atoms with Gasteiger partial charge in [0.1, 0.15) is 11.5 Å². The van der Waals surface area contributed by atoms with Gasteiger partial charge in [-0.25, -0.2) is 0 Å². The Labute approximate surface area is 116 Å². The highest BCUT2D eigenvalue weighted by molar-refractivity contribution is 5.12. The molecule has 0 amide bonds. The first-order chi connectivity index (χ1) is 9.13. The van der Waals surface area contributed by atoms with Crippen molar-refractivity contribution in [1.82, 2.24) is 4.90 Å². The third-order valence-corrected chi connectivity index (χ3v) is 4.32. The summed E-state index contributed by atoms with van der Waals surface area (Å²) in [7, 11) is 0. The van der Waals surface area contributed by atoms with Gasteiger partial charge >= 0.3 is 0 Å². The van der Waals surface area contributed by atoms with E-state index >= 15 is 0 Å². The van der Waals surface area contributed by atoms with Crippen molar-refractivity contribution in [1.29, 1.82) is 0 Å². The van der Waals surface area contributed by atoms with E-state index in [2.05, 4.69) is 24.0 Å². The molecule has 0 aliphatic heterocycles. The van der Waals surface area contributed by atoms with Crippen LogP contribution >= 0.6 is 0 Å². The standard InChI is InChI=1S/C16H26N2O/c1-11-3-8-15(19-11)16(12(2)17)18(9-13-4-5-13)10-14-6-7-14/h3,8,12-14,16H,4-7,9-10,17H2,1-2H3. The summed E-state index contributed by atoms with van der Waals surface area (Å²) in [6, 6.07) is 4.52. The zero-order valence-corrected chi connectivity index (χ0v) is 12.1. The van der Waals surface area contributed by atoms with Gasteiger partial charge in [-0.3, -0.25) is 4.90 Å². The lowest BCUT2D eigenvalue weighted by atomic mass is 10.0. The summed E-state index contributed by atoms with van der Waals surface area (Å²) in [6.45, 7) is 6.51. The number of nitrogens with zero attached hydrogens (tertiary/aromatic N) is 1. The van der Waals surface area contributed by atoms with Gasteiger partial charge in [-0.15, -0.1) is 0 Å². The van der Waals surface area contributed by atoms with Crippen LogP contribution in [0, 0.1) is 18.8 Å². The van der Waals surface area contributed by atoms with Crippen LogP contribution < -0.4 is 5.73 Å². The molecule has 3 rings (SSSR count). The molecule has 2 fully saturated rings. The number of aryl methyl sites for hydroxylation is 1. The lowest BCUT2D eigenvalue weighted by molar-refractivity contribution is 0.141. The largest absolute Gasteiger partial charge is 0.465 e. The van der Waals surface area contributed by atoms with E-state index in [9.17, 15) is 0 Å². The van der Waals surface area contributed by atoms with Crippen molar-refractivity contribution in [2.24, 2.45) is 17.6 Å². The Hall–Kier alpha value is -0.800. The molecule has 0 saturated heterocycles. The molecule has 1 heterocycles. The number of rotatable bonds is 7. The quantitative estimate of drug-likeness (QED) is 0.821. The molecule has 0 spiro atoms. The van der Waals surface area contributed by atoms with Gasteiger partial charge in [0.15, 0.2) is 0 Å². The van der Waals surface area contributed by atoms with Gasteiger partial charge in [0.25, 0.3) is 0 Å². The van der Waals surface area contributed by atoms with Crippen LogP contribution in [-0.2, 0) is 0 Å². The lowest BCUT2D eigenvalue weighted by Crippen LogP contribution is -2.41. The third kappa shape index (κ3) is 3.40. The topological polar surface area (TPSA) is 42.4 Å². The number of nitrogens with two attached hydrogens (primary N) is 1. The van der Waals surface area contributed by atoms with Gasteiger partial charge < -0.3 is 10.2 Å². The summed E-state index contributed by atoms with van der Waals surface area (Å²) in [5.74, 6) is 3.83. The van der Waals surface area contributed by atoms with Crippen LogP contribution in [0.4, 0.5) is 0 Å². The van der Waals surface area contributed by atoms with Crippen LogP contribution in [0.3, 0.4) is 0 Å². The molecule has 1 aromatic rings. The molecule has 2 saturated carbocycles. The van der Waals surface area contributed by atoms with Crippen LogP contribution in [0.15, 0.2) is 16.5 Å². The molecule has 2 N–H and O–H groups in total. The van der Waals surface area contributed by atoms with Crippen LogP contribution in [0.25, 0.3) is 0 Å². The van der Waals surface area contributed by atoms with Gasteiger partial charge in [-0.05, 0) is 63.5 Å². The highest BCUT2D eigenvalue weighted by Crippen LogP contribution is 2.38. The molecule has 3 nitrogen and oxygen atoms in total. The van der Waals surface area contributed by atoms with Crippen molar-refractivity contribution in [2.75, 3.05) is 13.1 Å². The molecular weight excluding hydrogens is 236 g/mol. The maximum absolute atomic E-state index is 6.27. The van der Waals surface area contributed by atoms with Crippen LogP contribution in [0.5, 0.6) is 0 Å². The molecule has 2 aliphatic rings. The minimum atomic E-state index is 0.114. The Bertz CT molecular complexity index is 404. The molecule has 2 atom stereocenters. The maximum atomic E-state index is 6.27. The predicted octanol–water partition coefficient (Wildman–Crippen LogP) is 3.10. The van der Waals surface area contributed by atoms with Crippen LogP contribution in [-0.4, -0.2) is 24.0 Å². The van der Waals surface area contributed by atoms with E-state index in [1.54, 1.807) is 0 Å². The first-order valence-electron chi connectivity index (χ1n) is 7.69. The molecule has 19 heavy (non-hydrogen) atoms. The molecule has 1 aromatic heterocycles.